The Morgan fingerprint density at radius 1 is 1.09 bits per heavy atom. The van der Waals surface area contributed by atoms with Crippen molar-refractivity contribution in [1.82, 2.24) is 9.88 Å². The van der Waals surface area contributed by atoms with Crippen LogP contribution in [0.2, 0.25) is 5.02 Å². The van der Waals surface area contributed by atoms with Crippen molar-refractivity contribution >= 4 is 55.3 Å². The highest BCUT2D eigenvalue weighted by atomic mass is 79.9. The number of aryl methyl sites for hydroxylation is 2. The molecule has 1 saturated heterocycles. The predicted octanol–water partition coefficient (Wildman–Crippen LogP) is 5.54. The van der Waals surface area contributed by atoms with E-state index in [0.29, 0.717) is 25.4 Å². The van der Waals surface area contributed by atoms with Crippen molar-refractivity contribution in [3.05, 3.63) is 60.7 Å². The molecule has 2 aromatic rings. The van der Waals surface area contributed by atoms with Crippen LogP contribution in [-0.2, 0) is 27.2 Å². The van der Waals surface area contributed by atoms with E-state index in [1.54, 1.807) is 0 Å². The van der Waals surface area contributed by atoms with Crippen molar-refractivity contribution in [1.29, 1.82) is 0 Å². The number of pyridine rings is 1. The van der Waals surface area contributed by atoms with Gasteiger partial charge in [0.05, 0.1) is 24.6 Å². The number of esters is 1. The van der Waals surface area contributed by atoms with Gasteiger partial charge in [-0.3, -0.25) is 14.6 Å². The molecule has 5 rings (SSSR count). The van der Waals surface area contributed by atoms with Gasteiger partial charge in [-0.05, 0) is 88.8 Å². The molecule has 0 bridgehead atoms. The summed E-state index contributed by atoms with van der Waals surface area (Å²) in [6.07, 6.45) is 6.14. The van der Waals surface area contributed by atoms with E-state index < -0.39 is 0 Å². The summed E-state index contributed by atoms with van der Waals surface area (Å²) in [5.41, 5.74) is 4.96. The number of methoxy groups -OCH3 is 1. The first-order chi connectivity index (χ1) is 15.9. The van der Waals surface area contributed by atoms with Crippen LogP contribution in [0.25, 0.3) is 0 Å². The average Bonchev–Trinajstić information content (AvgIpc) is 3.61. The lowest BCUT2D eigenvalue weighted by atomic mass is 9.76. The Balaban J connectivity index is 1.41. The zero-order chi connectivity index (χ0) is 23.3. The van der Waals surface area contributed by atoms with E-state index in [-0.39, 0.29) is 29.6 Å². The first-order valence-corrected chi connectivity index (χ1v) is 13.3. The van der Waals surface area contributed by atoms with Crippen LogP contribution in [-0.4, -0.2) is 42.0 Å². The van der Waals surface area contributed by atoms with Gasteiger partial charge in [-0.2, -0.15) is 0 Å². The molecule has 0 spiro atoms. The number of benzene rings is 1. The molecule has 174 valence electrons. The zero-order valence-electron chi connectivity index (χ0n) is 18.3. The van der Waals surface area contributed by atoms with Crippen molar-refractivity contribution in [2.24, 2.45) is 17.8 Å². The molecular weight excluding hydrogens is 572 g/mol. The van der Waals surface area contributed by atoms with Gasteiger partial charge in [-0.25, -0.2) is 0 Å². The van der Waals surface area contributed by atoms with E-state index in [4.69, 9.17) is 21.3 Å². The number of fused-ring (bicyclic) bond motifs is 2. The number of hydrogen-bond donors (Lipinski definition) is 0. The fourth-order valence-corrected chi connectivity index (χ4v) is 7.10. The molecule has 0 radical (unpaired) electrons. The molecule has 3 aliphatic rings. The van der Waals surface area contributed by atoms with E-state index in [0.717, 1.165) is 45.3 Å². The first kappa shape index (κ1) is 23.3. The molecule has 1 aliphatic heterocycles. The van der Waals surface area contributed by atoms with Gasteiger partial charge in [0.25, 0.3) is 0 Å². The standard InChI is InChI=1S/C25H25Br2ClN2O3/c1-33-25(32)19-11-18(19)24(31)30-6-4-13(5-7-30)22-21-14(9-17(28)10-20(21)27)2-3-15-8-16(26)12-29-23(15)22/h8-10,12-13,18-19,22H,2-7,11H2,1H3/t18-,19-,22-/m1/s1. The summed E-state index contributed by atoms with van der Waals surface area (Å²) >= 11 is 13.8. The summed E-state index contributed by atoms with van der Waals surface area (Å²) in [7, 11) is 1.38. The Morgan fingerprint density at radius 3 is 2.55 bits per heavy atom. The smallest absolute Gasteiger partial charge is 0.309 e. The lowest BCUT2D eigenvalue weighted by Gasteiger charge is -2.37. The van der Waals surface area contributed by atoms with E-state index in [9.17, 15) is 9.59 Å². The molecule has 3 atom stereocenters. The molecule has 1 saturated carbocycles. The van der Waals surface area contributed by atoms with Gasteiger partial charge in [0.2, 0.25) is 5.91 Å². The van der Waals surface area contributed by atoms with Gasteiger partial charge in [0.15, 0.2) is 0 Å². The third kappa shape index (κ3) is 4.48. The zero-order valence-corrected chi connectivity index (χ0v) is 22.2. The third-order valence-electron chi connectivity index (χ3n) is 7.35. The summed E-state index contributed by atoms with van der Waals surface area (Å²) in [5, 5.41) is 0.740. The van der Waals surface area contributed by atoms with Crippen LogP contribution in [0.15, 0.2) is 33.3 Å². The largest absolute Gasteiger partial charge is 0.469 e. The van der Waals surface area contributed by atoms with Gasteiger partial charge < -0.3 is 9.64 Å². The fourth-order valence-electron chi connectivity index (χ4n) is 5.60. The lowest BCUT2D eigenvalue weighted by Crippen LogP contribution is -2.41. The minimum Gasteiger partial charge on any atom is -0.469 e. The lowest BCUT2D eigenvalue weighted by molar-refractivity contribution is -0.145. The Labute approximate surface area is 215 Å². The number of nitrogens with zero attached hydrogens (tertiary/aromatic N) is 2. The molecule has 1 aromatic carbocycles. The number of ether oxygens (including phenoxy) is 1. The minimum absolute atomic E-state index is 0.0977. The summed E-state index contributed by atoms with van der Waals surface area (Å²) < 4.78 is 6.84. The number of aromatic nitrogens is 1. The van der Waals surface area contributed by atoms with Crippen LogP contribution < -0.4 is 0 Å². The van der Waals surface area contributed by atoms with E-state index in [2.05, 4.69) is 44.0 Å². The molecule has 0 unspecified atom stereocenters. The van der Waals surface area contributed by atoms with Gasteiger partial charge in [-0.15, -0.1) is 0 Å². The highest BCUT2D eigenvalue weighted by Crippen LogP contribution is 2.47. The fraction of sp³-hybridized carbons (Fsp3) is 0.480. The van der Waals surface area contributed by atoms with Gasteiger partial charge >= 0.3 is 5.97 Å². The topological polar surface area (TPSA) is 59.5 Å². The Morgan fingerprint density at radius 2 is 1.82 bits per heavy atom. The Bertz CT molecular complexity index is 1120. The number of rotatable bonds is 3. The molecule has 1 aromatic heterocycles. The van der Waals surface area contributed by atoms with Crippen molar-refractivity contribution in [2.45, 2.75) is 38.0 Å². The minimum atomic E-state index is -0.268. The van der Waals surface area contributed by atoms with E-state index >= 15 is 0 Å². The first-order valence-electron chi connectivity index (χ1n) is 11.4. The number of piperidine rings is 1. The van der Waals surface area contributed by atoms with Crippen molar-refractivity contribution < 1.29 is 14.3 Å². The Kier molecular flexibility index (Phi) is 6.57. The summed E-state index contributed by atoms with van der Waals surface area (Å²) in [4.78, 5) is 31.5. The monoisotopic (exact) mass is 594 g/mol. The van der Waals surface area contributed by atoms with Crippen LogP contribution in [0.1, 0.15) is 47.6 Å². The molecular formula is C25H25Br2ClN2O3. The summed E-state index contributed by atoms with van der Waals surface area (Å²) in [5.74, 6) is -0.117. The van der Waals surface area contributed by atoms with Crippen molar-refractivity contribution in [3.63, 3.8) is 0 Å². The maximum atomic E-state index is 12.9. The average molecular weight is 597 g/mol. The van der Waals surface area contributed by atoms with Gasteiger partial charge in [0.1, 0.15) is 0 Å². The number of hydrogen-bond acceptors (Lipinski definition) is 4. The quantitative estimate of drug-likeness (QED) is 0.437. The highest BCUT2D eigenvalue weighted by Gasteiger charge is 2.51. The Hall–Kier alpha value is -1.44. The number of halogens is 3. The predicted molar refractivity (Wildman–Crippen MR) is 133 cm³/mol. The number of amides is 1. The molecule has 2 heterocycles. The molecule has 5 nitrogen and oxygen atoms in total. The maximum absolute atomic E-state index is 12.9. The normalized spacial score (nSPS) is 24.5. The number of likely N-dealkylation sites (tertiary alicyclic amines) is 1. The van der Waals surface area contributed by atoms with Gasteiger partial charge in [0, 0.05) is 39.2 Å². The van der Waals surface area contributed by atoms with Crippen LogP contribution >= 0.6 is 43.5 Å². The molecule has 2 aliphatic carbocycles. The second kappa shape index (κ2) is 9.31. The maximum Gasteiger partial charge on any atom is 0.309 e. The second-order valence-electron chi connectivity index (χ2n) is 9.27. The molecule has 0 N–H and O–H groups in total. The SMILES string of the molecule is COC(=O)[C@@H]1C[C@H]1C(=O)N1CCC([C@H]2c3ncc(Br)cc3CCc3cc(Cl)cc(Br)c32)CC1. The third-order valence-corrected chi connectivity index (χ3v) is 8.66. The van der Waals surface area contributed by atoms with E-state index in [1.807, 2.05) is 17.2 Å². The molecule has 33 heavy (non-hydrogen) atoms. The molecule has 8 heteroatoms. The van der Waals surface area contributed by atoms with Crippen molar-refractivity contribution in [3.8, 4) is 0 Å². The van der Waals surface area contributed by atoms with Gasteiger partial charge in [-0.1, -0.05) is 27.5 Å². The van der Waals surface area contributed by atoms with Crippen LogP contribution in [0.4, 0.5) is 0 Å². The second-order valence-corrected chi connectivity index (χ2v) is 11.5. The van der Waals surface area contributed by atoms with Crippen molar-refractivity contribution in [2.75, 3.05) is 20.2 Å². The number of carbonyl (C=O) groups excluding carboxylic acids is 2. The molecule has 1 amide bonds. The number of carbonyl (C=O) groups is 2. The van der Waals surface area contributed by atoms with E-state index in [1.165, 1.54) is 23.8 Å². The molecule has 2 fully saturated rings. The highest BCUT2D eigenvalue weighted by molar-refractivity contribution is 9.10. The van der Waals surface area contributed by atoms with Crippen LogP contribution in [0.5, 0.6) is 0 Å². The summed E-state index contributed by atoms with van der Waals surface area (Å²) in [6, 6.07) is 6.26. The van der Waals surface area contributed by atoms with Crippen LogP contribution in [0.3, 0.4) is 0 Å². The van der Waals surface area contributed by atoms with Crippen LogP contribution in [0, 0.1) is 17.8 Å². The summed E-state index contributed by atoms with van der Waals surface area (Å²) in [6.45, 7) is 1.41.